The third kappa shape index (κ3) is 3.77. The van der Waals surface area contributed by atoms with Crippen molar-refractivity contribution in [3.63, 3.8) is 0 Å². The first kappa shape index (κ1) is 16.5. The molecule has 0 bridgehead atoms. The highest BCUT2D eigenvalue weighted by Gasteiger charge is 2.09. The third-order valence-corrected chi connectivity index (χ3v) is 4.22. The lowest BCUT2D eigenvalue weighted by atomic mass is 10.3. The molecule has 8 heteroatoms. The van der Waals surface area contributed by atoms with Crippen LogP contribution in [0.4, 0.5) is 4.39 Å². The van der Waals surface area contributed by atoms with Crippen molar-refractivity contribution < 1.29 is 9.13 Å². The lowest BCUT2D eigenvalue weighted by molar-refractivity contribution is 0.225. The van der Waals surface area contributed by atoms with Crippen molar-refractivity contribution in [2.75, 3.05) is 20.2 Å². The number of benzene rings is 1. The van der Waals surface area contributed by atoms with Crippen LogP contribution in [0.15, 0.2) is 35.1 Å². The topological polar surface area (TPSA) is 59.7 Å². The van der Waals surface area contributed by atoms with Crippen molar-refractivity contribution in [2.45, 2.75) is 13.5 Å². The van der Waals surface area contributed by atoms with Crippen molar-refractivity contribution in [1.29, 1.82) is 0 Å². The smallest absolute Gasteiger partial charge is 0.275 e. The molecule has 0 fully saturated rings. The molecule has 0 saturated heterocycles. The summed E-state index contributed by atoms with van der Waals surface area (Å²) >= 11 is 1.38. The summed E-state index contributed by atoms with van der Waals surface area (Å²) in [7, 11) is 1.89. The highest BCUT2D eigenvalue weighted by atomic mass is 32.1. The van der Waals surface area contributed by atoms with Crippen molar-refractivity contribution in [1.82, 2.24) is 19.5 Å². The molecule has 0 radical (unpaired) electrons. The van der Waals surface area contributed by atoms with E-state index in [4.69, 9.17) is 4.74 Å². The molecule has 6 nitrogen and oxygen atoms in total. The number of nitrogens with zero attached hydrogens (tertiary/aromatic N) is 4. The predicted molar refractivity (Wildman–Crippen MR) is 90.1 cm³/mol. The van der Waals surface area contributed by atoms with E-state index in [1.807, 2.05) is 18.9 Å². The van der Waals surface area contributed by atoms with Gasteiger partial charge in [0.2, 0.25) is 4.96 Å². The number of aromatic nitrogens is 3. The van der Waals surface area contributed by atoms with E-state index in [9.17, 15) is 9.18 Å². The Balaban J connectivity index is 1.59. The SMILES string of the molecule is Cc1nn2c(=O)cc(CN(C)CCOc3ccccc3F)nc2s1. The quantitative estimate of drug-likeness (QED) is 0.683. The Morgan fingerprint density at radius 3 is 2.96 bits per heavy atom. The zero-order valence-corrected chi connectivity index (χ0v) is 14.2. The molecular weight excluding hydrogens is 331 g/mol. The van der Waals surface area contributed by atoms with Gasteiger partial charge in [-0.25, -0.2) is 9.37 Å². The highest BCUT2D eigenvalue weighted by molar-refractivity contribution is 7.16. The van der Waals surface area contributed by atoms with Gasteiger partial charge in [-0.05, 0) is 26.1 Å². The molecular formula is C16H17FN4O2S. The van der Waals surface area contributed by atoms with Crippen molar-refractivity contribution >= 4 is 16.3 Å². The molecule has 0 spiro atoms. The van der Waals surface area contributed by atoms with Crippen molar-refractivity contribution in [3.05, 3.63) is 57.2 Å². The average molecular weight is 348 g/mol. The molecule has 0 atom stereocenters. The van der Waals surface area contributed by atoms with E-state index in [-0.39, 0.29) is 17.1 Å². The predicted octanol–water partition coefficient (Wildman–Crippen LogP) is 2.11. The van der Waals surface area contributed by atoms with E-state index in [1.165, 1.54) is 28.0 Å². The Morgan fingerprint density at radius 1 is 1.38 bits per heavy atom. The molecule has 1 aromatic carbocycles. The first-order valence-corrected chi connectivity index (χ1v) is 8.27. The first-order valence-electron chi connectivity index (χ1n) is 7.45. The van der Waals surface area contributed by atoms with Crippen LogP contribution in [0.1, 0.15) is 10.7 Å². The van der Waals surface area contributed by atoms with Gasteiger partial charge in [0.15, 0.2) is 11.6 Å². The Bertz CT molecular complexity index is 908. The van der Waals surface area contributed by atoms with Gasteiger partial charge in [0.05, 0.1) is 5.69 Å². The summed E-state index contributed by atoms with van der Waals surface area (Å²) in [6.07, 6.45) is 0. The van der Waals surface area contributed by atoms with Crippen LogP contribution in [0.25, 0.3) is 4.96 Å². The van der Waals surface area contributed by atoms with E-state index < -0.39 is 0 Å². The number of ether oxygens (including phenoxy) is 1. The number of rotatable bonds is 6. The lowest BCUT2D eigenvalue weighted by Crippen LogP contribution is -2.26. The van der Waals surface area contributed by atoms with E-state index in [1.54, 1.807) is 18.2 Å². The molecule has 0 N–H and O–H groups in total. The van der Waals surface area contributed by atoms with Crippen LogP contribution in [0, 0.1) is 12.7 Å². The maximum Gasteiger partial charge on any atom is 0.275 e. The van der Waals surface area contributed by atoms with Crippen LogP contribution in [0.5, 0.6) is 5.75 Å². The second-order valence-electron chi connectivity index (χ2n) is 5.42. The molecule has 0 amide bonds. The Kier molecular flexibility index (Phi) is 4.86. The Morgan fingerprint density at radius 2 is 2.17 bits per heavy atom. The fourth-order valence-corrected chi connectivity index (χ4v) is 3.03. The molecule has 2 aromatic heterocycles. The van der Waals surface area contributed by atoms with Crippen LogP contribution >= 0.6 is 11.3 Å². The van der Waals surface area contributed by atoms with Crippen LogP contribution in [0.2, 0.25) is 0 Å². The summed E-state index contributed by atoms with van der Waals surface area (Å²) in [6.45, 7) is 3.27. The molecule has 3 rings (SSSR count). The zero-order valence-electron chi connectivity index (χ0n) is 13.4. The molecule has 0 aliphatic carbocycles. The van der Waals surface area contributed by atoms with E-state index in [2.05, 4.69) is 10.1 Å². The average Bonchev–Trinajstić information content (AvgIpc) is 2.90. The number of hydrogen-bond donors (Lipinski definition) is 0. The van der Waals surface area contributed by atoms with Crippen LogP contribution < -0.4 is 10.3 Å². The maximum absolute atomic E-state index is 13.5. The number of likely N-dealkylation sites (N-methyl/N-ethyl adjacent to an activating group) is 1. The van der Waals surface area contributed by atoms with Gasteiger partial charge in [-0.2, -0.15) is 9.61 Å². The molecule has 0 unspecified atom stereocenters. The fourth-order valence-electron chi connectivity index (χ4n) is 2.26. The minimum Gasteiger partial charge on any atom is -0.489 e. The zero-order chi connectivity index (χ0) is 17.1. The van der Waals surface area contributed by atoms with Crippen LogP contribution in [-0.4, -0.2) is 39.7 Å². The summed E-state index contributed by atoms with van der Waals surface area (Å²) in [5.41, 5.74) is 0.493. The highest BCUT2D eigenvalue weighted by Crippen LogP contribution is 2.15. The summed E-state index contributed by atoms with van der Waals surface area (Å²) in [4.78, 5) is 19.0. The molecule has 24 heavy (non-hydrogen) atoms. The molecule has 2 heterocycles. The van der Waals surface area contributed by atoms with E-state index in [0.29, 0.717) is 30.4 Å². The van der Waals surface area contributed by atoms with E-state index in [0.717, 1.165) is 5.01 Å². The normalized spacial score (nSPS) is 11.3. The molecule has 0 aliphatic heterocycles. The maximum atomic E-state index is 13.5. The number of para-hydroxylation sites is 1. The van der Waals surface area contributed by atoms with Gasteiger partial charge >= 0.3 is 0 Å². The largest absolute Gasteiger partial charge is 0.489 e. The molecule has 0 saturated carbocycles. The van der Waals surface area contributed by atoms with Gasteiger partial charge in [0.1, 0.15) is 11.6 Å². The summed E-state index contributed by atoms with van der Waals surface area (Å²) in [5, 5.41) is 4.91. The van der Waals surface area contributed by atoms with Gasteiger partial charge in [-0.1, -0.05) is 23.5 Å². The number of aryl methyl sites for hydroxylation is 1. The second kappa shape index (κ2) is 7.06. The first-order chi connectivity index (χ1) is 11.5. The molecule has 0 aliphatic rings. The van der Waals surface area contributed by atoms with E-state index >= 15 is 0 Å². The molecule has 3 aromatic rings. The molecule has 126 valence electrons. The van der Waals surface area contributed by atoms with Crippen LogP contribution in [0.3, 0.4) is 0 Å². The van der Waals surface area contributed by atoms with Crippen LogP contribution in [-0.2, 0) is 6.54 Å². The number of hydrogen-bond acceptors (Lipinski definition) is 6. The Labute approximate surface area is 142 Å². The van der Waals surface area contributed by atoms with Gasteiger partial charge in [-0.15, -0.1) is 0 Å². The van der Waals surface area contributed by atoms with Crippen molar-refractivity contribution in [2.24, 2.45) is 0 Å². The number of fused-ring (bicyclic) bond motifs is 1. The monoisotopic (exact) mass is 348 g/mol. The summed E-state index contributed by atoms with van der Waals surface area (Å²) in [6, 6.07) is 7.79. The standard InChI is InChI=1S/C16H17FN4O2S/c1-11-19-21-15(22)9-12(18-16(21)24-11)10-20(2)7-8-23-14-6-4-3-5-13(14)17/h3-6,9H,7-8,10H2,1-2H3. The summed E-state index contributed by atoms with van der Waals surface area (Å²) in [5.74, 6) is -0.135. The third-order valence-electron chi connectivity index (χ3n) is 3.40. The van der Waals surface area contributed by atoms with Gasteiger partial charge in [0.25, 0.3) is 5.56 Å². The fraction of sp³-hybridized carbons (Fsp3) is 0.312. The second-order valence-corrected chi connectivity index (χ2v) is 6.58. The minimum absolute atomic E-state index is 0.185. The van der Waals surface area contributed by atoms with Gasteiger partial charge < -0.3 is 4.74 Å². The van der Waals surface area contributed by atoms with Crippen molar-refractivity contribution in [3.8, 4) is 5.75 Å². The number of halogens is 1. The summed E-state index contributed by atoms with van der Waals surface area (Å²) < 4.78 is 20.2. The lowest BCUT2D eigenvalue weighted by Gasteiger charge is -2.16. The van der Waals surface area contributed by atoms with Gasteiger partial charge in [-0.3, -0.25) is 9.69 Å². The Hall–Kier alpha value is -2.32. The van der Waals surface area contributed by atoms with Gasteiger partial charge in [0, 0.05) is 19.2 Å². The minimum atomic E-state index is -0.374.